The molecule has 2 N–H and O–H groups in total. The number of alkyl halides is 1. The summed E-state index contributed by atoms with van der Waals surface area (Å²) in [5.74, 6) is 0.833. The van der Waals surface area contributed by atoms with Gasteiger partial charge in [0, 0.05) is 12.0 Å². The molecule has 2 saturated carbocycles. The first-order chi connectivity index (χ1) is 5.97. The maximum atomic E-state index is 12.0. The van der Waals surface area contributed by atoms with E-state index in [1.165, 1.54) is 0 Å². The average Bonchev–Trinajstić information content (AvgIpc) is 2.41. The minimum absolute atomic E-state index is 0.0554. The van der Waals surface area contributed by atoms with E-state index >= 15 is 0 Å². The molecule has 0 amide bonds. The van der Waals surface area contributed by atoms with Gasteiger partial charge in [0.05, 0.1) is 4.83 Å². The molecule has 0 aliphatic heterocycles. The van der Waals surface area contributed by atoms with E-state index in [2.05, 4.69) is 29.8 Å². The number of Topliss-reactive ketones (excluding diaryl/α,β-unsaturated/α-hetero) is 1. The summed E-state index contributed by atoms with van der Waals surface area (Å²) in [7, 11) is 0. The van der Waals surface area contributed by atoms with Crippen molar-refractivity contribution in [1.29, 1.82) is 0 Å². The molecule has 2 fully saturated rings. The number of hydrogen-bond donors (Lipinski definition) is 1. The molecule has 74 valence electrons. The maximum Gasteiger partial charge on any atom is 0.154 e. The first kappa shape index (κ1) is 9.66. The Kier molecular flexibility index (Phi) is 1.91. The van der Waals surface area contributed by atoms with Gasteiger partial charge in [0.25, 0.3) is 0 Å². The van der Waals surface area contributed by atoms with Gasteiger partial charge in [-0.05, 0) is 24.2 Å². The lowest BCUT2D eigenvalue weighted by molar-refractivity contribution is -0.128. The van der Waals surface area contributed by atoms with Gasteiger partial charge < -0.3 is 5.73 Å². The van der Waals surface area contributed by atoms with Gasteiger partial charge in [0.1, 0.15) is 0 Å². The van der Waals surface area contributed by atoms with Crippen LogP contribution < -0.4 is 5.73 Å². The molecule has 3 atom stereocenters. The third kappa shape index (κ3) is 0.852. The third-order valence-electron chi connectivity index (χ3n) is 4.47. The van der Waals surface area contributed by atoms with Gasteiger partial charge in [-0.1, -0.05) is 29.8 Å². The van der Waals surface area contributed by atoms with Crippen molar-refractivity contribution < 1.29 is 4.79 Å². The summed E-state index contributed by atoms with van der Waals surface area (Å²) in [5.41, 5.74) is 5.65. The smallest absolute Gasteiger partial charge is 0.154 e. The van der Waals surface area contributed by atoms with Crippen molar-refractivity contribution >= 4 is 21.7 Å². The van der Waals surface area contributed by atoms with Gasteiger partial charge in [-0.2, -0.15) is 0 Å². The Hall–Kier alpha value is 0.110. The lowest BCUT2D eigenvalue weighted by atomic mass is 9.69. The van der Waals surface area contributed by atoms with Crippen LogP contribution in [0.1, 0.15) is 26.7 Å². The quantitative estimate of drug-likeness (QED) is 0.716. The number of fused-ring (bicyclic) bond motifs is 2. The van der Waals surface area contributed by atoms with E-state index in [9.17, 15) is 4.79 Å². The Morgan fingerprint density at radius 3 is 2.54 bits per heavy atom. The second kappa shape index (κ2) is 2.57. The first-order valence-corrected chi connectivity index (χ1v) is 5.77. The molecule has 3 heteroatoms. The summed E-state index contributed by atoms with van der Waals surface area (Å²) >= 11 is 3.51. The Balaban J connectivity index is 2.50. The molecule has 0 aromatic heterocycles. The number of hydrogen-bond acceptors (Lipinski definition) is 2. The van der Waals surface area contributed by atoms with Crippen LogP contribution in [0.15, 0.2) is 0 Å². The number of rotatable bonds is 1. The molecule has 13 heavy (non-hydrogen) atoms. The number of carbonyl (C=O) groups is 1. The van der Waals surface area contributed by atoms with Crippen LogP contribution in [0.3, 0.4) is 0 Å². The molecule has 2 rings (SSSR count). The minimum atomic E-state index is -0.230. The monoisotopic (exact) mass is 245 g/mol. The lowest BCUT2D eigenvalue weighted by Gasteiger charge is -2.34. The van der Waals surface area contributed by atoms with E-state index in [0.29, 0.717) is 18.2 Å². The van der Waals surface area contributed by atoms with Crippen molar-refractivity contribution in [2.24, 2.45) is 22.5 Å². The van der Waals surface area contributed by atoms with Crippen LogP contribution in [0, 0.1) is 16.7 Å². The zero-order valence-corrected chi connectivity index (χ0v) is 9.73. The molecular weight excluding hydrogens is 230 g/mol. The van der Waals surface area contributed by atoms with Crippen LogP contribution in [-0.4, -0.2) is 17.2 Å². The molecule has 0 aromatic rings. The topological polar surface area (TPSA) is 43.1 Å². The van der Waals surface area contributed by atoms with E-state index in [-0.39, 0.29) is 15.7 Å². The summed E-state index contributed by atoms with van der Waals surface area (Å²) in [6.45, 7) is 4.89. The number of nitrogens with two attached hydrogens (primary N) is 1. The van der Waals surface area contributed by atoms with Crippen LogP contribution in [0.5, 0.6) is 0 Å². The highest BCUT2D eigenvalue weighted by Crippen LogP contribution is 2.64. The van der Waals surface area contributed by atoms with E-state index in [1.807, 2.05) is 0 Å². The normalized spacial score (nSPS) is 47.2. The second-order valence-corrected chi connectivity index (χ2v) is 5.91. The summed E-state index contributed by atoms with van der Waals surface area (Å²) in [6.07, 6.45) is 2.13. The molecule has 0 aromatic carbocycles. The molecule has 2 bridgehead atoms. The fraction of sp³-hybridized carbons (Fsp3) is 0.900. The van der Waals surface area contributed by atoms with Gasteiger partial charge in [0.2, 0.25) is 0 Å². The van der Waals surface area contributed by atoms with Crippen molar-refractivity contribution in [3.63, 3.8) is 0 Å². The zero-order chi connectivity index (χ0) is 9.85. The Morgan fingerprint density at radius 2 is 2.23 bits per heavy atom. The maximum absolute atomic E-state index is 12.0. The predicted molar refractivity (Wildman–Crippen MR) is 55.7 cm³/mol. The van der Waals surface area contributed by atoms with Gasteiger partial charge in [-0.25, -0.2) is 0 Å². The van der Waals surface area contributed by atoms with Crippen LogP contribution >= 0.6 is 15.9 Å². The van der Waals surface area contributed by atoms with E-state index < -0.39 is 0 Å². The first-order valence-electron chi connectivity index (χ1n) is 4.86. The lowest BCUT2D eigenvalue weighted by Crippen LogP contribution is -2.43. The highest BCUT2D eigenvalue weighted by atomic mass is 79.9. The Morgan fingerprint density at radius 1 is 1.62 bits per heavy atom. The fourth-order valence-corrected chi connectivity index (χ4v) is 4.67. The standard InChI is InChI=1S/C10H16BrNO/c1-9(2)6-3-4-10(9,5-12)8(13)7(6)11/h6-7H,3-5,12H2,1-2H3. The summed E-state index contributed by atoms with van der Waals surface area (Å²) in [5, 5.41) is 0. The molecule has 2 aliphatic rings. The summed E-state index contributed by atoms with van der Waals surface area (Å²) < 4.78 is 0. The van der Waals surface area contributed by atoms with E-state index in [0.717, 1.165) is 12.8 Å². The van der Waals surface area contributed by atoms with Crippen molar-refractivity contribution in [2.75, 3.05) is 6.54 Å². The van der Waals surface area contributed by atoms with E-state index in [4.69, 9.17) is 5.73 Å². The van der Waals surface area contributed by atoms with Gasteiger partial charge in [-0.3, -0.25) is 4.79 Å². The van der Waals surface area contributed by atoms with Crippen molar-refractivity contribution in [1.82, 2.24) is 0 Å². The average molecular weight is 246 g/mol. The van der Waals surface area contributed by atoms with Crippen molar-refractivity contribution in [3.05, 3.63) is 0 Å². The molecule has 0 radical (unpaired) electrons. The molecule has 3 unspecified atom stereocenters. The SMILES string of the molecule is CC1(C)C2CCC1(CN)C(=O)C2Br. The molecular formula is C10H16BrNO. The number of ketones is 1. The van der Waals surface area contributed by atoms with Gasteiger partial charge in [0.15, 0.2) is 5.78 Å². The zero-order valence-electron chi connectivity index (χ0n) is 8.14. The van der Waals surface area contributed by atoms with Crippen molar-refractivity contribution in [2.45, 2.75) is 31.5 Å². The molecule has 0 saturated heterocycles. The van der Waals surface area contributed by atoms with Crippen LogP contribution in [-0.2, 0) is 4.79 Å². The number of carbonyl (C=O) groups excluding carboxylic acids is 1. The van der Waals surface area contributed by atoms with Crippen molar-refractivity contribution in [3.8, 4) is 0 Å². The van der Waals surface area contributed by atoms with E-state index in [1.54, 1.807) is 0 Å². The molecule has 2 nitrogen and oxygen atoms in total. The fourth-order valence-electron chi connectivity index (χ4n) is 3.31. The summed E-state index contributed by atoms with van der Waals surface area (Å²) in [6, 6.07) is 0. The van der Waals surface area contributed by atoms with Crippen LogP contribution in [0.25, 0.3) is 0 Å². The van der Waals surface area contributed by atoms with Crippen LogP contribution in [0.4, 0.5) is 0 Å². The molecule has 0 heterocycles. The third-order valence-corrected chi connectivity index (χ3v) is 5.52. The second-order valence-electron chi connectivity index (χ2n) is 4.92. The Labute approximate surface area is 87.4 Å². The Bertz CT molecular complexity index is 264. The number of halogens is 1. The highest BCUT2D eigenvalue weighted by molar-refractivity contribution is 9.10. The van der Waals surface area contributed by atoms with Crippen LogP contribution in [0.2, 0.25) is 0 Å². The molecule has 2 aliphatic carbocycles. The van der Waals surface area contributed by atoms with Gasteiger partial charge in [-0.15, -0.1) is 0 Å². The molecule has 0 spiro atoms. The largest absolute Gasteiger partial charge is 0.329 e. The minimum Gasteiger partial charge on any atom is -0.329 e. The predicted octanol–water partition coefficient (Wildman–Crippen LogP) is 1.71. The highest BCUT2D eigenvalue weighted by Gasteiger charge is 2.67. The summed E-state index contributed by atoms with van der Waals surface area (Å²) in [4.78, 5) is 12.1. The van der Waals surface area contributed by atoms with Gasteiger partial charge >= 0.3 is 0 Å².